The van der Waals surface area contributed by atoms with E-state index in [1.165, 1.54) is 12.1 Å². The lowest BCUT2D eigenvalue weighted by Crippen LogP contribution is -2.17. The quantitative estimate of drug-likeness (QED) is 0.339. The van der Waals surface area contributed by atoms with Crippen LogP contribution < -0.4 is 15.8 Å². The van der Waals surface area contributed by atoms with Crippen LogP contribution in [0.2, 0.25) is 0 Å². The number of halogens is 3. The Labute approximate surface area is 200 Å². The van der Waals surface area contributed by atoms with Crippen molar-refractivity contribution in [3.05, 3.63) is 101 Å². The Kier molecular flexibility index (Phi) is 5.80. The van der Waals surface area contributed by atoms with E-state index in [2.05, 4.69) is 24.7 Å². The fourth-order valence-electron chi connectivity index (χ4n) is 3.74. The molecule has 5 aromatic rings. The van der Waals surface area contributed by atoms with Gasteiger partial charge in [-0.1, -0.05) is 17.3 Å². The third-order valence-electron chi connectivity index (χ3n) is 5.40. The molecule has 0 saturated carbocycles. The van der Waals surface area contributed by atoms with Crippen molar-refractivity contribution in [1.29, 1.82) is 0 Å². The van der Waals surface area contributed by atoms with Gasteiger partial charge in [-0.2, -0.15) is 0 Å². The molecule has 182 valence electrons. The fourth-order valence-corrected chi connectivity index (χ4v) is 3.74. The SMILES string of the molecule is O=C(Nc1ccc(OC(F)(F)F)cc1)c1ccc(Cn2ccc3cc(-c4noc(=O)[nH]4)ccc32)cc1. The van der Waals surface area contributed by atoms with E-state index in [0.29, 0.717) is 23.6 Å². The summed E-state index contributed by atoms with van der Waals surface area (Å²) in [6, 6.07) is 19.5. The van der Waals surface area contributed by atoms with E-state index in [1.54, 1.807) is 12.1 Å². The standard InChI is InChI=1S/C25H17F3N4O4/c26-25(27,28)35-20-8-6-19(7-9-20)29-23(33)16-3-1-15(2-4-16)14-32-12-11-17-13-18(5-10-21(17)32)22-30-24(34)36-31-22/h1-13H,14H2,(H,29,33)(H,30,31,34). The number of H-pyrrole nitrogens is 1. The van der Waals surface area contributed by atoms with Gasteiger partial charge in [-0.15, -0.1) is 13.2 Å². The maximum atomic E-state index is 12.5. The van der Waals surface area contributed by atoms with Gasteiger partial charge in [-0.3, -0.25) is 14.3 Å². The zero-order chi connectivity index (χ0) is 25.3. The molecule has 5 rings (SSSR count). The topological polar surface area (TPSA) is 102 Å². The van der Waals surface area contributed by atoms with Crippen molar-refractivity contribution >= 4 is 22.5 Å². The van der Waals surface area contributed by atoms with Crippen LogP contribution in [-0.4, -0.2) is 27.0 Å². The molecule has 0 fully saturated rings. The molecule has 0 bridgehead atoms. The Bertz CT molecular complexity index is 1580. The minimum absolute atomic E-state index is 0.339. The number of nitrogens with one attached hydrogen (secondary N) is 2. The number of benzene rings is 3. The molecule has 0 aliphatic rings. The highest BCUT2D eigenvalue weighted by Gasteiger charge is 2.31. The van der Waals surface area contributed by atoms with Crippen LogP contribution in [0.3, 0.4) is 0 Å². The summed E-state index contributed by atoms with van der Waals surface area (Å²) in [5, 5.41) is 7.30. The normalized spacial score (nSPS) is 11.5. The predicted molar refractivity (Wildman–Crippen MR) is 125 cm³/mol. The molecule has 2 N–H and O–H groups in total. The minimum atomic E-state index is -4.78. The minimum Gasteiger partial charge on any atom is -0.406 e. The van der Waals surface area contributed by atoms with Crippen molar-refractivity contribution in [2.45, 2.75) is 12.9 Å². The molecule has 11 heteroatoms. The Morgan fingerprint density at radius 3 is 2.44 bits per heavy atom. The van der Waals surface area contributed by atoms with Gasteiger partial charge in [0.15, 0.2) is 5.82 Å². The first-order valence-corrected chi connectivity index (χ1v) is 10.6. The first-order chi connectivity index (χ1) is 17.2. The van der Waals surface area contributed by atoms with E-state index in [-0.39, 0.29) is 5.75 Å². The van der Waals surface area contributed by atoms with E-state index in [0.717, 1.165) is 34.2 Å². The van der Waals surface area contributed by atoms with Crippen LogP contribution in [0.15, 0.2) is 88.3 Å². The number of carbonyl (C=O) groups is 1. The van der Waals surface area contributed by atoms with Crippen molar-refractivity contribution in [2.75, 3.05) is 5.32 Å². The molecule has 0 radical (unpaired) electrons. The van der Waals surface area contributed by atoms with Gasteiger partial charge in [0.25, 0.3) is 5.91 Å². The molecule has 36 heavy (non-hydrogen) atoms. The summed E-state index contributed by atoms with van der Waals surface area (Å²) in [6.07, 6.45) is -2.84. The molecular weight excluding hydrogens is 477 g/mol. The number of hydrogen-bond acceptors (Lipinski definition) is 5. The van der Waals surface area contributed by atoms with Crippen LogP contribution >= 0.6 is 0 Å². The average Bonchev–Trinajstić information content (AvgIpc) is 3.45. The number of carbonyl (C=O) groups excluding carboxylic acids is 1. The van der Waals surface area contributed by atoms with Crippen LogP contribution in [0.4, 0.5) is 18.9 Å². The summed E-state index contributed by atoms with van der Waals surface area (Å²) in [6.45, 7) is 0.562. The molecule has 0 atom stereocenters. The summed E-state index contributed by atoms with van der Waals surface area (Å²) in [5.74, 6) is -1.02. The van der Waals surface area contributed by atoms with Gasteiger partial charge >= 0.3 is 12.1 Å². The Balaban J connectivity index is 1.25. The molecule has 0 aliphatic carbocycles. The monoisotopic (exact) mass is 494 g/mol. The van der Waals surface area contributed by atoms with E-state index < -0.39 is 18.0 Å². The number of anilines is 1. The number of fused-ring (bicyclic) bond motifs is 1. The first kappa shape index (κ1) is 23.0. The molecule has 0 unspecified atom stereocenters. The number of rotatable bonds is 6. The lowest BCUT2D eigenvalue weighted by Gasteiger charge is -2.10. The number of ether oxygens (including phenoxy) is 1. The number of nitrogens with zero attached hydrogens (tertiary/aromatic N) is 2. The van der Waals surface area contributed by atoms with Crippen LogP contribution in [0.1, 0.15) is 15.9 Å². The number of hydrogen-bond donors (Lipinski definition) is 2. The number of alkyl halides is 3. The van der Waals surface area contributed by atoms with Gasteiger partial charge in [-0.05, 0) is 66.2 Å². The highest BCUT2D eigenvalue weighted by Crippen LogP contribution is 2.25. The van der Waals surface area contributed by atoms with Crippen LogP contribution in [0.5, 0.6) is 5.75 Å². The van der Waals surface area contributed by atoms with Crippen LogP contribution in [0, 0.1) is 0 Å². The number of amides is 1. The Morgan fingerprint density at radius 2 is 1.78 bits per heavy atom. The predicted octanol–water partition coefficient (Wildman–Crippen LogP) is 5.18. The second kappa shape index (κ2) is 9.10. The Morgan fingerprint density at radius 1 is 1.03 bits per heavy atom. The number of aromatic nitrogens is 3. The molecule has 0 aliphatic heterocycles. The van der Waals surface area contributed by atoms with Crippen molar-refractivity contribution in [1.82, 2.24) is 14.7 Å². The second-order valence-corrected chi connectivity index (χ2v) is 7.88. The largest absolute Gasteiger partial charge is 0.573 e. The van der Waals surface area contributed by atoms with Gasteiger partial charge in [0.05, 0.1) is 0 Å². The second-order valence-electron chi connectivity index (χ2n) is 7.88. The van der Waals surface area contributed by atoms with E-state index in [4.69, 9.17) is 0 Å². The van der Waals surface area contributed by atoms with Crippen molar-refractivity contribution in [3.8, 4) is 17.1 Å². The maximum Gasteiger partial charge on any atom is 0.573 e. The first-order valence-electron chi connectivity index (χ1n) is 10.6. The zero-order valence-corrected chi connectivity index (χ0v) is 18.4. The third kappa shape index (κ3) is 5.14. The highest BCUT2D eigenvalue weighted by atomic mass is 19.4. The maximum absolute atomic E-state index is 12.5. The third-order valence-corrected chi connectivity index (χ3v) is 5.40. The Hall–Kier alpha value is -4.80. The molecule has 0 spiro atoms. The van der Waals surface area contributed by atoms with Crippen molar-refractivity contribution in [2.24, 2.45) is 0 Å². The molecule has 3 aromatic carbocycles. The van der Waals surface area contributed by atoms with Gasteiger partial charge in [0.2, 0.25) is 0 Å². The van der Waals surface area contributed by atoms with Crippen molar-refractivity contribution < 1.29 is 27.2 Å². The lowest BCUT2D eigenvalue weighted by atomic mass is 10.1. The molecule has 2 aromatic heterocycles. The van der Waals surface area contributed by atoms with Gasteiger partial charge < -0.3 is 14.6 Å². The summed E-state index contributed by atoms with van der Waals surface area (Å²) in [4.78, 5) is 26.2. The van der Waals surface area contributed by atoms with E-state index in [1.807, 2.05) is 47.2 Å². The lowest BCUT2D eigenvalue weighted by molar-refractivity contribution is -0.274. The highest BCUT2D eigenvalue weighted by molar-refractivity contribution is 6.04. The van der Waals surface area contributed by atoms with Crippen LogP contribution in [-0.2, 0) is 6.54 Å². The van der Waals surface area contributed by atoms with Gasteiger partial charge in [0, 0.05) is 40.5 Å². The summed E-state index contributed by atoms with van der Waals surface area (Å²) >= 11 is 0. The molecule has 0 saturated heterocycles. The summed E-state index contributed by atoms with van der Waals surface area (Å²) in [5.41, 5.74) is 3.40. The molecule has 2 heterocycles. The average molecular weight is 494 g/mol. The fraction of sp³-hybridized carbons (Fsp3) is 0.0800. The van der Waals surface area contributed by atoms with E-state index in [9.17, 15) is 22.8 Å². The van der Waals surface area contributed by atoms with Crippen LogP contribution in [0.25, 0.3) is 22.3 Å². The van der Waals surface area contributed by atoms with E-state index >= 15 is 0 Å². The van der Waals surface area contributed by atoms with Crippen molar-refractivity contribution in [3.63, 3.8) is 0 Å². The summed E-state index contributed by atoms with van der Waals surface area (Å²) in [7, 11) is 0. The molecular formula is C25H17F3N4O4. The number of aromatic amines is 1. The molecule has 1 amide bonds. The molecule has 8 nitrogen and oxygen atoms in total. The summed E-state index contributed by atoms with van der Waals surface area (Å²) < 4.78 is 47.2. The zero-order valence-electron chi connectivity index (χ0n) is 18.4. The van der Waals surface area contributed by atoms with Gasteiger partial charge in [-0.25, -0.2) is 4.79 Å². The smallest absolute Gasteiger partial charge is 0.406 e. The van der Waals surface area contributed by atoms with Gasteiger partial charge in [0.1, 0.15) is 5.75 Å².